The zero-order valence-corrected chi connectivity index (χ0v) is 8.93. The average molecular weight is 340 g/mol. The van der Waals surface area contributed by atoms with E-state index in [0.29, 0.717) is 0 Å². The quantitative estimate of drug-likeness (QED) is 0.342. The van der Waals surface area contributed by atoms with E-state index in [1.807, 2.05) is 0 Å². The van der Waals surface area contributed by atoms with Gasteiger partial charge in [0.2, 0.25) is 0 Å². The number of halogens is 6. The lowest BCUT2D eigenvalue weighted by Crippen LogP contribution is -2.46. The molecular formula is C3H2ClF4IO2S. The number of hydrogen-bond acceptors (Lipinski definition) is 2. The van der Waals surface area contributed by atoms with Crippen molar-refractivity contribution in [3.63, 3.8) is 0 Å². The average Bonchev–Trinajstić information content (AvgIpc) is 1.85. The Morgan fingerprint density at radius 3 is 1.67 bits per heavy atom. The minimum atomic E-state index is -5.59. The first-order valence-corrected chi connectivity index (χ1v) is 6.15. The summed E-state index contributed by atoms with van der Waals surface area (Å²) < 4.78 is 67.5. The molecule has 0 aromatic heterocycles. The Morgan fingerprint density at radius 2 is 1.58 bits per heavy atom. The first kappa shape index (κ1) is 12.7. The second kappa shape index (κ2) is 3.45. The van der Waals surface area contributed by atoms with Gasteiger partial charge in [-0.3, -0.25) is 0 Å². The normalized spacial score (nSPS) is 14.8. The van der Waals surface area contributed by atoms with Gasteiger partial charge in [-0.15, -0.1) is 0 Å². The molecule has 0 rings (SSSR count). The van der Waals surface area contributed by atoms with Crippen LogP contribution in [0.2, 0.25) is 0 Å². The lowest BCUT2D eigenvalue weighted by molar-refractivity contribution is -0.136. The Hall–Kier alpha value is 0.690. The number of rotatable bonds is 3. The molecule has 0 saturated heterocycles. The molecule has 12 heavy (non-hydrogen) atoms. The van der Waals surface area contributed by atoms with Crippen molar-refractivity contribution >= 4 is 42.3 Å². The Balaban J connectivity index is 5.13. The molecule has 0 N–H and O–H groups in total. The fourth-order valence-corrected chi connectivity index (χ4v) is 1.76. The van der Waals surface area contributed by atoms with Gasteiger partial charge in [-0.25, -0.2) is 8.42 Å². The molecule has 0 saturated carbocycles. The van der Waals surface area contributed by atoms with Crippen LogP contribution < -0.4 is 0 Å². The van der Waals surface area contributed by atoms with Crippen LogP contribution in [0.15, 0.2) is 0 Å². The molecule has 0 aromatic rings. The molecule has 9 heteroatoms. The number of alkyl halides is 5. The van der Waals surface area contributed by atoms with Gasteiger partial charge in [-0.1, -0.05) is 22.6 Å². The fourth-order valence-electron chi connectivity index (χ4n) is 0.256. The molecule has 0 aromatic carbocycles. The SMILES string of the molecule is O=S(=O)(Cl)C(F)(F)C(F)(F)CI. The maximum Gasteiger partial charge on any atom is 0.421 e. The fraction of sp³-hybridized carbons (Fsp3) is 1.00. The highest BCUT2D eigenvalue weighted by molar-refractivity contribution is 14.1. The van der Waals surface area contributed by atoms with E-state index in [1.54, 1.807) is 0 Å². The van der Waals surface area contributed by atoms with Gasteiger partial charge in [0.1, 0.15) is 0 Å². The van der Waals surface area contributed by atoms with Crippen molar-refractivity contribution in [2.45, 2.75) is 11.2 Å². The Kier molecular flexibility index (Phi) is 3.64. The van der Waals surface area contributed by atoms with Crippen LogP contribution in [-0.4, -0.2) is 24.0 Å². The van der Waals surface area contributed by atoms with Crippen molar-refractivity contribution in [3.8, 4) is 0 Å². The molecule has 0 amide bonds. The van der Waals surface area contributed by atoms with E-state index in [2.05, 4.69) is 10.7 Å². The van der Waals surface area contributed by atoms with E-state index in [9.17, 15) is 26.0 Å². The summed E-state index contributed by atoms with van der Waals surface area (Å²) in [7, 11) is -1.46. The highest BCUT2D eigenvalue weighted by Gasteiger charge is 2.64. The summed E-state index contributed by atoms with van der Waals surface area (Å²) in [5.74, 6) is -4.64. The molecule has 0 aliphatic heterocycles. The van der Waals surface area contributed by atoms with Crippen molar-refractivity contribution in [1.82, 2.24) is 0 Å². The second-order valence-electron chi connectivity index (χ2n) is 1.79. The molecule has 0 fully saturated rings. The predicted molar refractivity (Wildman–Crippen MR) is 43.6 cm³/mol. The molecule has 0 aliphatic rings. The van der Waals surface area contributed by atoms with E-state index in [4.69, 9.17) is 0 Å². The van der Waals surface area contributed by atoms with Crippen molar-refractivity contribution < 1.29 is 26.0 Å². The van der Waals surface area contributed by atoms with Crippen LogP contribution in [0.4, 0.5) is 17.6 Å². The Labute approximate surface area is 83.8 Å². The summed E-state index contributed by atoms with van der Waals surface area (Å²) in [5, 5.41) is -5.22. The molecule has 0 radical (unpaired) electrons. The van der Waals surface area contributed by atoms with Gasteiger partial charge in [0.05, 0.1) is 4.43 Å². The van der Waals surface area contributed by atoms with E-state index in [-0.39, 0.29) is 0 Å². The molecule has 0 unspecified atom stereocenters. The van der Waals surface area contributed by atoms with E-state index >= 15 is 0 Å². The lowest BCUT2D eigenvalue weighted by Gasteiger charge is -2.21. The third-order valence-electron chi connectivity index (χ3n) is 0.900. The standard InChI is InChI=1S/C3H2ClF4IO2S/c4-12(10,11)3(7,8)2(5,6)1-9/h1H2. The molecule has 74 valence electrons. The van der Waals surface area contributed by atoms with Crippen LogP contribution in [0.25, 0.3) is 0 Å². The molecular weight excluding hydrogens is 338 g/mol. The van der Waals surface area contributed by atoms with Gasteiger partial charge >= 0.3 is 20.2 Å². The highest BCUT2D eigenvalue weighted by atomic mass is 127. The van der Waals surface area contributed by atoms with Crippen LogP contribution in [0, 0.1) is 0 Å². The van der Waals surface area contributed by atoms with E-state index < -0.39 is 24.7 Å². The van der Waals surface area contributed by atoms with E-state index in [1.165, 1.54) is 0 Å². The van der Waals surface area contributed by atoms with E-state index in [0.717, 1.165) is 22.6 Å². The van der Waals surface area contributed by atoms with Crippen LogP contribution in [0.5, 0.6) is 0 Å². The van der Waals surface area contributed by atoms with Crippen molar-refractivity contribution in [2.75, 3.05) is 4.43 Å². The summed E-state index contributed by atoms with van der Waals surface area (Å²) in [6, 6.07) is 0. The third kappa shape index (κ3) is 2.13. The first-order chi connectivity index (χ1) is 5.06. The monoisotopic (exact) mass is 340 g/mol. The van der Waals surface area contributed by atoms with Gasteiger partial charge in [0, 0.05) is 10.7 Å². The summed E-state index contributed by atoms with van der Waals surface area (Å²) in [5.41, 5.74) is 0. The molecule has 0 spiro atoms. The summed E-state index contributed by atoms with van der Waals surface area (Å²) in [6.45, 7) is 0. The van der Waals surface area contributed by atoms with Gasteiger partial charge in [-0.05, 0) is 0 Å². The van der Waals surface area contributed by atoms with Crippen LogP contribution in [0.3, 0.4) is 0 Å². The van der Waals surface area contributed by atoms with Crippen LogP contribution in [-0.2, 0) is 9.05 Å². The van der Waals surface area contributed by atoms with Gasteiger partial charge in [0.25, 0.3) is 0 Å². The third-order valence-corrected chi connectivity index (χ3v) is 3.35. The first-order valence-electron chi connectivity index (χ1n) is 2.32. The summed E-state index contributed by atoms with van der Waals surface area (Å²) >= 11 is 0.942. The number of hydrogen-bond donors (Lipinski definition) is 0. The maximum absolute atomic E-state index is 12.2. The Bertz CT molecular complexity index is 263. The lowest BCUT2D eigenvalue weighted by atomic mass is 10.4. The summed E-state index contributed by atoms with van der Waals surface area (Å²) in [6.07, 6.45) is 0. The van der Waals surface area contributed by atoms with Gasteiger partial charge < -0.3 is 0 Å². The van der Waals surface area contributed by atoms with Gasteiger partial charge in [0.15, 0.2) is 0 Å². The van der Waals surface area contributed by atoms with Crippen molar-refractivity contribution in [2.24, 2.45) is 0 Å². The molecule has 2 nitrogen and oxygen atoms in total. The van der Waals surface area contributed by atoms with Gasteiger partial charge in [-0.2, -0.15) is 17.6 Å². The zero-order valence-electron chi connectivity index (χ0n) is 5.20. The van der Waals surface area contributed by atoms with Crippen LogP contribution in [0.1, 0.15) is 0 Å². The van der Waals surface area contributed by atoms with Crippen molar-refractivity contribution in [1.29, 1.82) is 0 Å². The molecule has 0 atom stereocenters. The zero-order chi connectivity index (χ0) is 10.2. The minimum absolute atomic E-state index is 0.942. The summed E-state index contributed by atoms with van der Waals surface area (Å²) in [4.78, 5) is 0. The second-order valence-corrected chi connectivity index (χ2v) is 5.16. The predicted octanol–water partition coefficient (Wildman–Crippen LogP) is 2.22. The highest BCUT2D eigenvalue weighted by Crippen LogP contribution is 2.41. The largest absolute Gasteiger partial charge is 0.421 e. The minimum Gasteiger partial charge on any atom is -0.206 e. The molecule has 0 aliphatic carbocycles. The van der Waals surface area contributed by atoms with Crippen molar-refractivity contribution in [3.05, 3.63) is 0 Å². The molecule has 0 bridgehead atoms. The topological polar surface area (TPSA) is 34.1 Å². The van der Waals surface area contributed by atoms with Crippen LogP contribution >= 0.6 is 33.3 Å². The maximum atomic E-state index is 12.2. The smallest absolute Gasteiger partial charge is 0.206 e. The molecule has 0 heterocycles. The Morgan fingerprint density at radius 1 is 1.25 bits per heavy atom.